The number of fused-ring (bicyclic) bond motifs is 1. The van der Waals surface area contributed by atoms with E-state index in [-0.39, 0.29) is 23.8 Å². The van der Waals surface area contributed by atoms with Crippen LogP contribution in [0.5, 0.6) is 0 Å². The highest BCUT2D eigenvalue weighted by molar-refractivity contribution is 5.93. The molecule has 1 aliphatic carbocycles. The van der Waals surface area contributed by atoms with Crippen LogP contribution in [0.15, 0.2) is 33.3 Å². The van der Waals surface area contributed by atoms with E-state index in [4.69, 9.17) is 8.94 Å². The first-order valence-electron chi connectivity index (χ1n) is 11.6. The average Bonchev–Trinajstić information content (AvgIpc) is 3.53. The molecule has 2 N–H and O–H groups in total. The summed E-state index contributed by atoms with van der Waals surface area (Å²) in [6.07, 6.45) is -3.62. The van der Waals surface area contributed by atoms with Gasteiger partial charge in [0.15, 0.2) is 5.58 Å². The maximum atomic E-state index is 13.7. The first kappa shape index (κ1) is 25.0. The van der Waals surface area contributed by atoms with Crippen LogP contribution in [0.3, 0.4) is 0 Å². The Morgan fingerprint density at radius 1 is 1.32 bits per heavy atom. The lowest BCUT2D eigenvalue weighted by Gasteiger charge is -2.38. The summed E-state index contributed by atoms with van der Waals surface area (Å²) in [5, 5.41) is 8.20. The van der Waals surface area contributed by atoms with Crippen LogP contribution in [-0.2, 0) is 13.0 Å². The van der Waals surface area contributed by atoms with Crippen LogP contribution >= 0.6 is 0 Å². The number of benzene rings is 1. The molecule has 0 bridgehead atoms. The number of aryl methyl sites for hydroxylation is 1. The van der Waals surface area contributed by atoms with Gasteiger partial charge in [-0.15, -0.1) is 0 Å². The third-order valence-corrected chi connectivity index (χ3v) is 6.60. The second kappa shape index (κ2) is 8.99. The van der Waals surface area contributed by atoms with Crippen LogP contribution in [0.4, 0.5) is 26.7 Å². The molecule has 0 unspecified atom stereocenters. The first-order valence-corrected chi connectivity index (χ1v) is 11.6. The monoisotopic (exact) mass is 527 g/mol. The summed E-state index contributed by atoms with van der Waals surface area (Å²) in [5.74, 6) is -4.17. The summed E-state index contributed by atoms with van der Waals surface area (Å²) < 4.78 is 77.0. The maximum Gasteiger partial charge on any atom is 0.410 e. The lowest BCUT2D eigenvalue weighted by atomic mass is 9.76. The number of amides is 3. The molecule has 1 saturated carbocycles. The van der Waals surface area contributed by atoms with Gasteiger partial charge < -0.3 is 24.5 Å². The number of rotatable bonds is 7. The average molecular weight is 527 g/mol. The van der Waals surface area contributed by atoms with Crippen LogP contribution in [-0.4, -0.2) is 51.7 Å². The largest absolute Gasteiger partial charge is 0.438 e. The number of hydrogen-bond acceptors (Lipinski definition) is 6. The number of nitrogens with one attached hydrogen (secondary N) is 2. The standard InChI is InChI=1S/C23H22F5N5O4/c1-2-12-8-29-37-18(12)19(34)32-17(13-6-22(24,25)7-13)20-30-14-5-11(3-4-15(14)36-20)9-33-10-16(23(26,27)28)31-21(33)35/h3-5,8,13,16-17H,2,6-7,9-10H2,1H3,(H,31,35)(H,32,34)/t16-,17-/m0/s1. The molecule has 1 aliphatic heterocycles. The van der Waals surface area contributed by atoms with Crippen molar-refractivity contribution in [3.8, 4) is 0 Å². The molecule has 1 aromatic carbocycles. The van der Waals surface area contributed by atoms with E-state index >= 15 is 0 Å². The van der Waals surface area contributed by atoms with Gasteiger partial charge in [0.2, 0.25) is 17.6 Å². The van der Waals surface area contributed by atoms with E-state index in [1.807, 2.05) is 5.32 Å². The fraction of sp³-hybridized carbons (Fsp3) is 0.478. The normalized spacial score (nSPS) is 20.6. The molecule has 0 spiro atoms. The van der Waals surface area contributed by atoms with Crippen LogP contribution in [0.1, 0.15) is 53.4 Å². The molecule has 2 aromatic heterocycles. The SMILES string of the molecule is CCc1cnoc1C(=O)N[C@H](c1nc2cc(CN3C[C@@H](C(F)(F)F)NC3=O)ccc2o1)C1CC(F)(F)C1. The summed E-state index contributed by atoms with van der Waals surface area (Å²) in [7, 11) is 0. The Labute approximate surface area is 206 Å². The summed E-state index contributed by atoms with van der Waals surface area (Å²) in [4.78, 5) is 30.2. The topological polar surface area (TPSA) is 114 Å². The van der Waals surface area contributed by atoms with Gasteiger partial charge in [0.25, 0.3) is 5.91 Å². The van der Waals surface area contributed by atoms with Crippen molar-refractivity contribution in [3.63, 3.8) is 0 Å². The Bertz CT molecular complexity index is 1330. The van der Waals surface area contributed by atoms with Crippen molar-refractivity contribution >= 4 is 23.0 Å². The number of nitrogens with zero attached hydrogens (tertiary/aromatic N) is 3. The number of alkyl halides is 5. The minimum atomic E-state index is -4.56. The van der Waals surface area contributed by atoms with E-state index in [2.05, 4.69) is 15.5 Å². The number of oxazole rings is 1. The van der Waals surface area contributed by atoms with Crippen molar-refractivity contribution in [1.29, 1.82) is 0 Å². The Hall–Kier alpha value is -3.71. The fourth-order valence-electron chi connectivity index (χ4n) is 4.58. The van der Waals surface area contributed by atoms with Gasteiger partial charge in [0.1, 0.15) is 17.6 Å². The molecule has 198 valence electrons. The zero-order valence-corrected chi connectivity index (χ0v) is 19.4. The zero-order valence-electron chi connectivity index (χ0n) is 19.4. The summed E-state index contributed by atoms with van der Waals surface area (Å²) >= 11 is 0. The Morgan fingerprint density at radius 3 is 2.73 bits per heavy atom. The van der Waals surface area contributed by atoms with Gasteiger partial charge in [-0.05, 0) is 30.0 Å². The van der Waals surface area contributed by atoms with Crippen molar-refractivity contribution in [2.24, 2.45) is 5.92 Å². The van der Waals surface area contributed by atoms with Gasteiger partial charge in [-0.3, -0.25) is 4.79 Å². The van der Waals surface area contributed by atoms with E-state index in [1.165, 1.54) is 18.3 Å². The van der Waals surface area contributed by atoms with Gasteiger partial charge in [0, 0.05) is 24.9 Å². The van der Waals surface area contributed by atoms with Gasteiger partial charge in [-0.25, -0.2) is 18.6 Å². The number of carbonyl (C=O) groups excluding carboxylic acids is 2. The van der Waals surface area contributed by atoms with Crippen molar-refractivity contribution in [2.45, 2.75) is 56.9 Å². The number of hydrogen-bond donors (Lipinski definition) is 2. The summed E-state index contributed by atoms with van der Waals surface area (Å²) in [6.45, 7) is 1.17. The van der Waals surface area contributed by atoms with E-state index in [9.17, 15) is 31.5 Å². The lowest BCUT2D eigenvalue weighted by Crippen LogP contribution is -2.45. The van der Waals surface area contributed by atoms with E-state index < -0.39 is 61.4 Å². The Morgan fingerprint density at radius 2 is 2.08 bits per heavy atom. The van der Waals surface area contributed by atoms with Crippen LogP contribution < -0.4 is 10.6 Å². The molecule has 2 fully saturated rings. The minimum Gasteiger partial charge on any atom is -0.438 e. The predicted octanol–water partition coefficient (Wildman–Crippen LogP) is 4.35. The number of urea groups is 1. The quantitative estimate of drug-likeness (QED) is 0.442. The van der Waals surface area contributed by atoms with Crippen LogP contribution in [0, 0.1) is 5.92 Å². The van der Waals surface area contributed by atoms with E-state index in [0.29, 0.717) is 23.1 Å². The second-order valence-electron chi connectivity index (χ2n) is 9.29. The van der Waals surface area contributed by atoms with Crippen molar-refractivity contribution < 1.29 is 40.5 Å². The highest BCUT2D eigenvalue weighted by Gasteiger charge is 2.51. The molecule has 0 radical (unpaired) electrons. The van der Waals surface area contributed by atoms with Crippen molar-refractivity contribution in [1.82, 2.24) is 25.7 Å². The van der Waals surface area contributed by atoms with Gasteiger partial charge in [-0.2, -0.15) is 13.2 Å². The number of halogens is 5. The molecule has 2 atom stereocenters. The molecule has 3 aromatic rings. The van der Waals surface area contributed by atoms with E-state index in [1.54, 1.807) is 13.0 Å². The molecule has 37 heavy (non-hydrogen) atoms. The molecular weight excluding hydrogens is 505 g/mol. The molecular formula is C23H22F5N5O4. The smallest absolute Gasteiger partial charge is 0.410 e. The number of carbonyl (C=O) groups is 2. The Kier molecular flexibility index (Phi) is 6.07. The molecule has 2 aliphatic rings. The lowest BCUT2D eigenvalue weighted by molar-refractivity contribution is -0.149. The molecule has 3 heterocycles. The van der Waals surface area contributed by atoms with Gasteiger partial charge >= 0.3 is 12.2 Å². The molecule has 14 heteroatoms. The highest BCUT2D eigenvalue weighted by Crippen LogP contribution is 2.48. The minimum absolute atomic E-state index is 0.00890. The van der Waals surface area contributed by atoms with Crippen LogP contribution in [0.25, 0.3) is 11.1 Å². The maximum absolute atomic E-state index is 13.7. The fourth-order valence-corrected chi connectivity index (χ4v) is 4.58. The second-order valence-corrected chi connectivity index (χ2v) is 9.29. The molecule has 3 amide bonds. The molecule has 9 nitrogen and oxygen atoms in total. The van der Waals surface area contributed by atoms with Crippen molar-refractivity contribution in [2.75, 3.05) is 6.54 Å². The third-order valence-electron chi connectivity index (χ3n) is 6.60. The summed E-state index contributed by atoms with van der Waals surface area (Å²) in [5.41, 5.74) is 1.64. The van der Waals surface area contributed by atoms with Crippen molar-refractivity contribution in [3.05, 3.63) is 47.2 Å². The van der Waals surface area contributed by atoms with E-state index in [0.717, 1.165) is 4.90 Å². The highest BCUT2D eigenvalue weighted by atomic mass is 19.4. The van der Waals surface area contributed by atoms with Gasteiger partial charge in [0.05, 0.1) is 12.7 Å². The van der Waals surface area contributed by atoms with Gasteiger partial charge in [-0.1, -0.05) is 18.1 Å². The first-order chi connectivity index (χ1) is 17.4. The molecule has 5 rings (SSSR count). The Balaban J connectivity index is 1.37. The zero-order chi connectivity index (χ0) is 26.5. The molecule has 1 saturated heterocycles. The van der Waals surface area contributed by atoms with Crippen LogP contribution in [0.2, 0.25) is 0 Å². The predicted molar refractivity (Wildman–Crippen MR) is 117 cm³/mol. The number of aromatic nitrogens is 2. The third kappa shape index (κ3) is 4.96. The summed E-state index contributed by atoms with van der Waals surface area (Å²) in [6, 6.07) is 0.862.